The molecule has 0 saturated carbocycles. The van der Waals surface area contributed by atoms with Crippen molar-refractivity contribution < 1.29 is 14.3 Å². The topological polar surface area (TPSA) is 75.9 Å². The first-order valence-corrected chi connectivity index (χ1v) is 7.16. The maximum atomic E-state index is 12.4. The maximum Gasteiger partial charge on any atom is 0.248 e. The Kier molecular flexibility index (Phi) is 3.79. The zero-order chi connectivity index (χ0) is 14.8. The lowest BCUT2D eigenvalue weighted by atomic mass is 10.2. The molecule has 2 aliphatic rings. The van der Waals surface area contributed by atoms with Crippen LogP contribution in [0, 0.1) is 0 Å². The van der Waals surface area contributed by atoms with Crippen LogP contribution in [0.2, 0.25) is 0 Å². The number of nitrogens with zero attached hydrogens (tertiary/aromatic N) is 2. The molecule has 0 bridgehead atoms. The highest BCUT2D eigenvalue weighted by Crippen LogP contribution is 2.27. The molecular weight excluding hydrogens is 270 g/mol. The summed E-state index contributed by atoms with van der Waals surface area (Å²) in [6.07, 6.45) is 0.282. The second-order valence-electron chi connectivity index (χ2n) is 5.40. The molecule has 3 rings (SSSR count). The number of rotatable bonds is 3. The number of anilines is 1. The molecule has 2 aliphatic heterocycles. The molecule has 0 aromatic heterocycles. The molecule has 1 atom stereocenters. The van der Waals surface area contributed by atoms with Gasteiger partial charge in [0, 0.05) is 18.8 Å². The minimum absolute atomic E-state index is 0.0150. The van der Waals surface area contributed by atoms with Gasteiger partial charge in [-0.05, 0) is 18.1 Å². The molecule has 2 heterocycles. The zero-order valence-electron chi connectivity index (χ0n) is 11.8. The molecule has 1 fully saturated rings. The second kappa shape index (κ2) is 5.73. The van der Waals surface area contributed by atoms with E-state index in [1.165, 1.54) is 5.56 Å². The summed E-state index contributed by atoms with van der Waals surface area (Å²) in [6, 6.07) is 8.14. The number of fused-ring (bicyclic) bond motifs is 1. The Morgan fingerprint density at radius 2 is 2.10 bits per heavy atom. The number of para-hydroxylation sites is 1. The first-order valence-electron chi connectivity index (χ1n) is 7.16. The monoisotopic (exact) mass is 289 g/mol. The number of nitrogens with two attached hydrogens (primary N) is 1. The summed E-state index contributed by atoms with van der Waals surface area (Å²) in [4.78, 5) is 27.3. The molecule has 6 nitrogen and oxygen atoms in total. The molecule has 0 radical (unpaired) electrons. The first kappa shape index (κ1) is 13.9. The van der Waals surface area contributed by atoms with E-state index in [1.807, 2.05) is 18.2 Å². The number of hydrogen-bond acceptors (Lipinski definition) is 4. The van der Waals surface area contributed by atoms with Crippen LogP contribution in [0.4, 0.5) is 5.69 Å². The molecule has 21 heavy (non-hydrogen) atoms. The summed E-state index contributed by atoms with van der Waals surface area (Å²) in [6.45, 7) is 2.31. The Balaban J connectivity index is 1.63. The molecule has 2 amide bonds. The van der Waals surface area contributed by atoms with E-state index in [2.05, 4.69) is 11.0 Å². The Morgan fingerprint density at radius 1 is 1.29 bits per heavy atom. The van der Waals surface area contributed by atoms with Crippen molar-refractivity contribution in [3.05, 3.63) is 29.8 Å². The van der Waals surface area contributed by atoms with Crippen LogP contribution >= 0.6 is 0 Å². The average molecular weight is 289 g/mol. The molecule has 112 valence electrons. The maximum absolute atomic E-state index is 12.4. The van der Waals surface area contributed by atoms with E-state index in [0.717, 1.165) is 18.7 Å². The summed E-state index contributed by atoms with van der Waals surface area (Å²) in [5.41, 5.74) is 7.65. The lowest BCUT2D eigenvalue weighted by molar-refractivity contribution is -0.144. The van der Waals surface area contributed by atoms with Gasteiger partial charge in [-0.1, -0.05) is 18.2 Å². The fourth-order valence-electron chi connectivity index (χ4n) is 2.88. The van der Waals surface area contributed by atoms with Crippen LogP contribution in [-0.4, -0.2) is 55.6 Å². The molecular formula is C15H19N3O3. The summed E-state index contributed by atoms with van der Waals surface area (Å²) in [7, 11) is 0. The number of benzene rings is 1. The molecule has 0 aliphatic carbocycles. The summed E-state index contributed by atoms with van der Waals surface area (Å²) in [5, 5.41) is 0. The third kappa shape index (κ3) is 2.85. The third-order valence-corrected chi connectivity index (χ3v) is 4.05. The van der Waals surface area contributed by atoms with E-state index in [1.54, 1.807) is 4.90 Å². The zero-order valence-corrected chi connectivity index (χ0v) is 11.8. The molecule has 1 aromatic carbocycles. The number of carbonyl (C=O) groups is 2. The van der Waals surface area contributed by atoms with Crippen LogP contribution in [-0.2, 0) is 20.7 Å². The smallest absolute Gasteiger partial charge is 0.248 e. The summed E-state index contributed by atoms with van der Waals surface area (Å²) >= 11 is 0. The number of hydrogen-bond donors (Lipinski definition) is 1. The van der Waals surface area contributed by atoms with Crippen molar-refractivity contribution in [2.45, 2.75) is 12.5 Å². The molecule has 0 unspecified atom stereocenters. The fourth-order valence-corrected chi connectivity index (χ4v) is 2.88. The Labute approximate surface area is 123 Å². The Bertz CT molecular complexity index is 561. The second-order valence-corrected chi connectivity index (χ2v) is 5.40. The first-order chi connectivity index (χ1) is 10.1. The highest BCUT2D eigenvalue weighted by molar-refractivity contribution is 5.84. The lowest BCUT2D eigenvalue weighted by Gasteiger charge is -2.32. The average Bonchev–Trinajstić information content (AvgIpc) is 2.91. The highest BCUT2D eigenvalue weighted by Gasteiger charge is 2.29. The van der Waals surface area contributed by atoms with E-state index in [4.69, 9.17) is 10.5 Å². The van der Waals surface area contributed by atoms with Crippen LogP contribution in [0.25, 0.3) is 0 Å². The van der Waals surface area contributed by atoms with Gasteiger partial charge in [0.15, 0.2) is 6.10 Å². The van der Waals surface area contributed by atoms with E-state index in [9.17, 15) is 9.59 Å². The number of ether oxygens (including phenoxy) is 1. The molecule has 6 heteroatoms. The van der Waals surface area contributed by atoms with Crippen molar-refractivity contribution in [3.8, 4) is 0 Å². The van der Waals surface area contributed by atoms with Crippen molar-refractivity contribution >= 4 is 17.5 Å². The largest absolute Gasteiger partial charge is 0.367 e. The van der Waals surface area contributed by atoms with Gasteiger partial charge in [0.25, 0.3) is 0 Å². The third-order valence-electron chi connectivity index (χ3n) is 4.05. The van der Waals surface area contributed by atoms with Crippen molar-refractivity contribution in [2.24, 2.45) is 5.73 Å². The number of carbonyl (C=O) groups excluding carboxylic acids is 2. The van der Waals surface area contributed by atoms with Crippen LogP contribution < -0.4 is 10.6 Å². The number of morpholine rings is 1. The molecule has 2 N–H and O–H groups in total. The quantitative estimate of drug-likeness (QED) is 0.833. The van der Waals surface area contributed by atoms with Crippen molar-refractivity contribution in [2.75, 3.05) is 37.7 Å². The predicted molar refractivity (Wildman–Crippen MR) is 77.9 cm³/mol. The SMILES string of the molecule is NC(=O)[C@@H]1CN(C(=O)CN2CCc3ccccc32)CCO1. The minimum Gasteiger partial charge on any atom is -0.367 e. The van der Waals surface area contributed by atoms with Gasteiger partial charge < -0.3 is 20.3 Å². The van der Waals surface area contributed by atoms with Gasteiger partial charge in [-0.15, -0.1) is 0 Å². The van der Waals surface area contributed by atoms with Crippen LogP contribution in [0.3, 0.4) is 0 Å². The normalized spacial score (nSPS) is 21.2. The van der Waals surface area contributed by atoms with Gasteiger partial charge in [0.05, 0.1) is 19.7 Å². The summed E-state index contributed by atoms with van der Waals surface area (Å²) < 4.78 is 5.26. The van der Waals surface area contributed by atoms with Crippen molar-refractivity contribution in [1.29, 1.82) is 0 Å². The van der Waals surface area contributed by atoms with E-state index in [0.29, 0.717) is 19.7 Å². The van der Waals surface area contributed by atoms with Gasteiger partial charge in [0.1, 0.15) is 0 Å². The van der Waals surface area contributed by atoms with Gasteiger partial charge in [0.2, 0.25) is 11.8 Å². The minimum atomic E-state index is -0.687. The Morgan fingerprint density at radius 3 is 2.90 bits per heavy atom. The van der Waals surface area contributed by atoms with Crippen LogP contribution in [0.1, 0.15) is 5.56 Å². The molecule has 0 spiro atoms. The van der Waals surface area contributed by atoms with E-state index >= 15 is 0 Å². The van der Waals surface area contributed by atoms with Gasteiger partial charge >= 0.3 is 0 Å². The van der Waals surface area contributed by atoms with Gasteiger partial charge in [-0.25, -0.2) is 0 Å². The van der Waals surface area contributed by atoms with Crippen LogP contribution in [0.5, 0.6) is 0 Å². The fraction of sp³-hybridized carbons (Fsp3) is 0.467. The van der Waals surface area contributed by atoms with Crippen molar-refractivity contribution in [1.82, 2.24) is 4.90 Å². The molecule has 1 aromatic rings. The number of amides is 2. The van der Waals surface area contributed by atoms with E-state index < -0.39 is 12.0 Å². The van der Waals surface area contributed by atoms with Gasteiger partial charge in [-0.2, -0.15) is 0 Å². The van der Waals surface area contributed by atoms with E-state index in [-0.39, 0.29) is 12.5 Å². The molecule has 1 saturated heterocycles. The van der Waals surface area contributed by atoms with Gasteiger partial charge in [-0.3, -0.25) is 9.59 Å². The Hall–Kier alpha value is -2.08. The lowest BCUT2D eigenvalue weighted by Crippen LogP contribution is -2.52. The predicted octanol–water partition coefficient (Wildman–Crippen LogP) is -0.238. The highest BCUT2D eigenvalue weighted by atomic mass is 16.5. The van der Waals surface area contributed by atoms with Crippen LogP contribution in [0.15, 0.2) is 24.3 Å². The van der Waals surface area contributed by atoms with Crippen molar-refractivity contribution in [3.63, 3.8) is 0 Å². The summed E-state index contributed by atoms with van der Waals surface area (Å²) in [5.74, 6) is -0.500. The standard InChI is InChI=1S/C15H19N3O3/c16-15(20)13-9-18(7-8-21-13)14(19)10-17-6-5-11-3-1-2-4-12(11)17/h1-4,13H,5-10H2,(H2,16,20)/t13-/m0/s1. The number of primary amides is 1.